The normalized spacial score (nSPS) is 11.8. The third-order valence-electron chi connectivity index (χ3n) is 2.31. The number of aromatic nitrogens is 3. The fourth-order valence-electron chi connectivity index (χ4n) is 1.37. The van der Waals surface area contributed by atoms with Gasteiger partial charge in [-0.1, -0.05) is 19.1 Å². The standard InChI is InChI=1S/C10H14F2N4O/c1-10(2,6-17)5-16-8(9(11)12)7(3-4-13)14-15-16/h9,17H,3,5-6H2,1-2H3. The molecule has 0 aliphatic carbocycles. The molecule has 0 bridgehead atoms. The third kappa shape index (κ3) is 3.20. The van der Waals surface area contributed by atoms with Crippen molar-refractivity contribution in [1.29, 1.82) is 5.26 Å². The molecule has 0 spiro atoms. The zero-order chi connectivity index (χ0) is 13.1. The molecule has 0 aliphatic rings. The van der Waals surface area contributed by atoms with Crippen molar-refractivity contribution in [3.63, 3.8) is 0 Å². The van der Waals surface area contributed by atoms with E-state index >= 15 is 0 Å². The quantitative estimate of drug-likeness (QED) is 0.847. The highest BCUT2D eigenvalue weighted by Gasteiger charge is 2.26. The van der Waals surface area contributed by atoms with Gasteiger partial charge in [0.15, 0.2) is 0 Å². The molecule has 1 aromatic rings. The Bertz CT molecular complexity index is 422. The van der Waals surface area contributed by atoms with Gasteiger partial charge in [-0.25, -0.2) is 13.5 Å². The minimum Gasteiger partial charge on any atom is -0.396 e. The van der Waals surface area contributed by atoms with Crippen molar-refractivity contribution in [2.24, 2.45) is 5.41 Å². The number of hydrogen-bond donors (Lipinski definition) is 1. The number of aliphatic hydroxyl groups excluding tert-OH is 1. The van der Waals surface area contributed by atoms with Gasteiger partial charge in [0.2, 0.25) is 0 Å². The Morgan fingerprint density at radius 2 is 2.18 bits per heavy atom. The van der Waals surface area contributed by atoms with Gasteiger partial charge in [-0.3, -0.25) is 0 Å². The summed E-state index contributed by atoms with van der Waals surface area (Å²) in [5, 5.41) is 24.8. The molecule has 0 saturated carbocycles. The first-order chi connectivity index (χ1) is 7.91. The highest BCUT2D eigenvalue weighted by Crippen LogP contribution is 2.25. The van der Waals surface area contributed by atoms with Crippen molar-refractivity contribution in [3.05, 3.63) is 11.4 Å². The van der Waals surface area contributed by atoms with Crippen molar-refractivity contribution in [3.8, 4) is 6.07 Å². The van der Waals surface area contributed by atoms with Gasteiger partial charge in [-0.15, -0.1) is 5.10 Å². The maximum atomic E-state index is 12.9. The van der Waals surface area contributed by atoms with E-state index in [1.807, 2.05) is 0 Å². The van der Waals surface area contributed by atoms with Gasteiger partial charge in [0.05, 0.1) is 19.0 Å². The molecule has 94 valence electrons. The maximum absolute atomic E-state index is 12.9. The van der Waals surface area contributed by atoms with Crippen LogP contribution in [0.4, 0.5) is 8.78 Å². The van der Waals surface area contributed by atoms with Crippen LogP contribution in [0.3, 0.4) is 0 Å². The number of alkyl halides is 2. The lowest BCUT2D eigenvalue weighted by molar-refractivity contribution is 0.112. The van der Waals surface area contributed by atoms with Crippen LogP contribution >= 0.6 is 0 Å². The van der Waals surface area contributed by atoms with Gasteiger partial charge in [0, 0.05) is 12.0 Å². The zero-order valence-corrected chi connectivity index (χ0v) is 9.69. The summed E-state index contributed by atoms with van der Waals surface area (Å²) in [6, 6.07) is 1.77. The van der Waals surface area contributed by atoms with Crippen LogP contribution in [0.25, 0.3) is 0 Å². The van der Waals surface area contributed by atoms with Crippen LogP contribution in [0, 0.1) is 16.7 Å². The first-order valence-corrected chi connectivity index (χ1v) is 5.09. The Labute approximate surface area is 97.7 Å². The fourth-order valence-corrected chi connectivity index (χ4v) is 1.37. The lowest BCUT2D eigenvalue weighted by atomic mass is 9.95. The molecule has 0 unspecified atom stereocenters. The lowest BCUT2D eigenvalue weighted by Crippen LogP contribution is -2.25. The number of rotatable bonds is 5. The van der Waals surface area contributed by atoms with Gasteiger partial charge in [0.1, 0.15) is 11.4 Å². The van der Waals surface area contributed by atoms with E-state index < -0.39 is 11.8 Å². The Morgan fingerprint density at radius 3 is 2.65 bits per heavy atom. The van der Waals surface area contributed by atoms with Crippen LogP contribution in [0.15, 0.2) is 0 Å². The Kier molecular flexibility index (Phi) is 4.12. The van der Waals surface area contributed by atoms with E-state index in [9.17, 15) is 8.78 Å². The molecule has 0 aromatic carbocycles. The maximum Gasteiger partial charge on any atom is 0.281 e. The smallest absolute Gasteiger partial charge is 0.281 e. The molecule has 0 radical (unpaired) electrons. The second-order valence-electron chi connectivity index (χ2n) is 4.54. The van der Waals surface area contributed by atoms with Crippen LogP contribution in [-0.2, 0) is 13.0 Å². The SMILES string of the molecule is CC(C)(CO)Cn1nnc(CC#N)c1C(F)F. The Morgan fingerprint density at radius 1 is 1.53 bits per heavy atom. The van der Waals surface area contributed by atoms with Crippen LogP contribution in [0.5, 0.6) is 0 Å². The molecular weight excluding hydrogens is 230 g/mol. The lowest BCUT2D eigenvalue weighted by Gasteiger charge is -2.22. The second-order valence-corrected chi connectivity index (χ2v) is 4.54. The fraction of sp³-hybridized carbons (Fsp3) is 0.700. The molecule has 1 rings (SSSR count). The molecule has 1 aromatic heterocycles. The summed E-state index contributed by atoms with van der Waals surface area (Å²) in [4.78, 5) is 0. The molecule has 17 heavy (non-hydrogen) atoms. The van der Waals surface area contributed by atoms with Gasteiger partial charge in [0.25, 0.3) is 6.43 Å². The average Bonchev–Trinajstić information content (AvgIpc) is 2.61. The zero-order valence-electron chi connectivity index (χ0n) is 9.69. The van der Waals surface area contributed by atoms with E-state index in [2.05, 4.69) is 10.3 Å². The van der Waals surface area contributed by atoms with Gasteiger partial charge < -0.3 is 5.11 Å². The number of nitriles is 1. The molecule has 1 N–H and O–H groups in total. The molecule has 0 amide bonds. The van der Waals surface area contributed by atoms with Crippen molar-refractivity contribution in [1.82, 2.24) is 15.0 Å². The van der Waals surface area contributed by atoms with E-state index in [1.54, 1.807) is 19.9 Å². The predicted molar refractivity (Wildman–Crippen MR) is 55.2 cm³/mol. The van der Waals surface area contributed by atoms with Crippen LogP contribution < -0.4 is 0 Å². The van der Waals surface area contributed by atoms with Crippen molar-refractivity contribution in [2.45, 2.75) is 33.2 Å². The summed E-state index contributed by atoms with van der Waals surface area (Å²) >= 11 is 0. The molecule has 0 fully saturated rings. The highest BCUT2D eigenvalue weighted by atomic mass is 19.3. The van der Waals surface area contributed by atoms with Crippen molar-refractivity contribution in [2.75, 3.05) is 6.61 Å². The van der Waals surface area contributed by atoms with Crippen molar-refractivity contribution >= 4 is 0 Å². The van der Waals surface area contributed by atoms with E-state index in [-0.39, 0.29) is 31.0 Å². The minimum atomic E-state index is -2.73. The highest BCUT2D eigenvalue weighted by molar-refractivity contribution is 5.15. The first kappa shape index (κ1) is 13.5. The summed E-state index contributed by atoms with van der Waals surface area (Å²) in [5.74, 6) is 0. The Hall–Kier alpha value is -1.55. The molecule has 7 heteroatoms. The number of nitrogens with zero attached hydrogens (tertiary/aromatic N) is 4. The molecule has 0 saturated heterocycles. The van der Waals surface area contributed by atoms with E-state index in [0.29, 0.717) is 0 Å². The predicted octanol–water partition coefficient (Wildman–Crippen LogP) is 1.30. The third-order valence-corrected chi connectivity index (χ3v) is 2.31. The average molecular weight is 244 g/mol. The molecule has 0 aliphatic heterocycles. The van der Waals surface area contributed by atoms with Crippen LogP contribution in [0.2, 0.25) is 0 Å². The van der Waals surface area contributed by atoms with E-state index in [1.165, 1.54) is 0 Å². The van der Waals surface area contributed by atoms with Gasteiger partial charge in [-0.2, -0.15) is 5.26 Å². The Balaban J connectivity index is 3.05. The van der Waals surface area contributed by atoms with Crippen LogP contribution in [-0.4, -0.2) is 26.7 Å². The minimum absolute atomic E-state index is 0.00348. The summed E-state index contributed by atoms with van der Waals surface area (Å²) in [6.07, 6.45) is -2.93. The largest absolute Gasteiger partial charge is 0.396 e. The molecule has 5 nitrogen and oxygen atoms in total. The van der Waals surface area contributed by atoms with Crippen LogP contribution in [0.1, 0.15) is 31.7 Å². The number of halogens is 2. The summed E-state index contributed by atoms with van der Waals surface area (Å²) < 4.78 is 26.8. The second kappa shape index (κ2) is 5.19. The topological polar surface area (TPSA) is 74.7 Å². The van der Waals surface area contributed by atoms with E-state index in [4.69, 9.17) is 10.4 Å². The van der Waals surface area contributed by atoms with Gasteiger partial charge >= 0.3 is 0 Å². The molecule has 0 atom stereocenters. The molecule has 1 heterocycles. The van der Waals surface area contributed by atoms with Gasteiger partial charge in [-0.05, 0) is 0 Å². The summed E-state index contributed by atoms with van der Waals surface area (Å²) in [7, 11) is 0. The first-order valence-electron chi connectivity index (χ1n) is 5.09. The number of aliphatic hydroxyl groups is 1. The van der Waals surface area contributed by atoms with E-state index in [0.717, 1.165) is 4.68 Å². The monoisotopic (exact) mass is 244 g/mol. The summed E-state index contributed by atoms with van der Waals surface area (Å²) in [5.41, 5.74) is -0.911. The number of hydrogen-bond acceptors (Lipinski definition) is 4. The molecular formula is C10H14F2N4O. The summed E-state index contributed by atoms with van der Waals surface area (Å²) in [6.45, 7) is 3.44. The van der Waals surface area contributed by atoms with Crippen molar-refractivity contribution < 1.29 is 13.9 Å².